The van der Waals surface area contributed by atoms with Crippen LogP contribution < -0.4 is 4.90 Å². The standard InChI is InChI=1S/C18H17N3O2/c1-20(2)17-9-4-14(5-10-17)3-6-16(13-19)15-7-11-18(12-8-15)21(22)23/h3-12,16H,1-2H3/b6-3-. The normalized spacial score (nSPS) is 11.9. The largest absolute Gasteiger partial charge is 0.378 e. The zero-order chi connectivity index (χ0) is 16.8. The second-order valence-corrected chi connectivity index (χ2v) is 5.30. The van der Waals surface area contributed by atoms with E-state index in [-0.39, 0.29) is 5.69 Å². The van der Waals surface area contributed by atoms with Gasteiger partial charge in [-0.25, -0.2) is 0 Å². The van der Waals surface area contributed by atoms with E-state index in [1.54, 1.807) is 18.2 Å². The fourth-order valence-electron chi connectivity index (χ4n) is 2.12. The summed E-state index contributed by atoms with van der Waals surface area (Å²) in [5.74, 6) is -0.440. The Kier molecular flexibility index (Phi) is 5.11. The number of nitrogens with zero attached hydrogens (tertiary/aromatic N) is 3. The lowest BCUT2D eigenvalue weighted by Crippen LogP contribution is -2.07. The Morgan fingerprint density at radius 3 is 2.22 bits per heavy atom. The molecule has 0 spiro atoms. The summed E-state index contributed by atoms with van der Waals surface area (Å²) in [4.78, 5) is 12.2. The van der Waals surface area contributed by atoms with Gasteiger partial charge in [0.15, 0.2) is 0 Å². The molecule has 0 aromatic heterocycles. The lowest BCUT2D eigenvalue weighted by Gasteiger charge is -2.11. The molecule has 0 aliphatic heterocycles. The van der Waals surface area contributed by atoms with Gasteiger partial charge in [-0.2, -0.15) is 5.26 Å². The third kappa shape index (κ3) is 4.17. The van der Waals surface area contributed by atoms with Gasteiger partial charge in [0.2, 0.25) is 0 Å². The van der Waals surface area contributed by atoms with Crippen molar-refractivity contribution in [2.24, 2.45) is 0 Å². The summed E-state index contributed by atoms with van der Waals surface area (Å²) in [6, 6.07) is 16.2. The zero-order valence-corrected chi connectivity index (χ0v) is 13.0. The Hall–Kier alpha value is -3.13. The van der Waals surface area contributed by atoms with Crippen molar-refractivity contribution in [1.82, 2.24) is 0 Å². The molecular formula is C18H17N3O2. The molecule has 0 amide bonds. The third-order valence-electron chi connectivity index (χ3n) is 3.49. The van der Waals surface area contributed by atoms with Gasteiger partial charge in [-0.05, 0) is 23.3 Å². The molecule has 0 fully saturated rings. The van der Waals surface area contributed by atoms with Gasteiger partial charge in [-0.3, -0.25) is 10.1 Å². The Morgan fingerprint density at radius 1 is 1.13 bits per heavy atom. The number of hydrogen-bond donors (Lipinski definition) is 0. The van der Waals surface area contributed by atoms with E-state index in [1.807, 2.05) is 49.3 Å². The minimum atomic E-state index is -0.451. The molecule has 0 heterocycles. The van der Waals surface area contributed by atoms with Gasteiger partial charge < -0.3 is 4.90 Å². The smallest absolute Gasteiger partial charge is 0.269 e. The Bertz CT molecular complexity index is 741. The summed E-state index contributed by atoms with van der Waals surface area (Å²) in [7, 11) is 3.95. The third-order valence-corrected chi connectivity index (χ3v) is 3.49. The number of nitro groups is 1. The van der Waals surface area contributed by atoms with Gasteiger partial charge in [-0.15, -0.1) is 0 Å². The van der Waals surface area contributed by atoms with E-state index in [4.69, 9.17) is 0 Å². The van der Waals surface area contributed by atoms with Gasteiger partial charge in [0.05, 0.1) is 16.9 Å². The molecule has 0 saturated carbocycles. The van der Waals surface area contributed by atoms with E-state index in [2.05, 4.69) is 6.07 Å². The van der Waals surface area contributed by atoms with E-state index in [9.17, 15) is 15.4 Å². The average Bonchev–Trinajstić information content (AvgIpc) is 2.56. The number of allylic oxidation sites excluding steroid dienone is 1. The van der Waals surface area contributed by atoms with E-state index < -0.39 is 10.8 Å². The summed E-state index contributed by atoms with van der Waals surface area (Å²) < 4.78 is 0. The molecule has 2 aromatic carbocycles. The molecule has 5 heteroatoms. The van der Waals surface area contributed by atoms with Gasteiger partial charge >= 0.3 is 0 Å². The summed E-state index contributed by atoms with van der Waals surface area (Å²) in [5, 5.41) is 20.0. The number of rotatable bonds is 5. The second-order valence-electron chi connectivity index (χ2n) is 5.30. The highest BCUT2D eigenvalue weighted by molar-refractivity contribution is 5.57. The number of nitro benzene ring substituents is 1. The lowest BCUT2D eigenvalue weighted by atomic mass is 9.99. The van der Waals surface area contributed by atoms with Crippen molar-refractivity contribution in [3.8, 4) is 6.07 Å². The Balaban J connectivity index is 2.15. The Labute approximate surface area is 135 Å². The van der Waals surface area contributed by atoms with Crippen LogP contribution >= 0.6 is 0 Å². The highest BCUT2D eigenvalue weighted by Gasteiger charge is 2.09. The molecule has 0 bridgehead atoms. The van der Waals surface area contributed by atoms with Crippen LogP contribution in [0, 0.1) is 21.4 Å². The average molecular weight is 307 g/mol. The molecule has 0 aliphatic rings. The van der Waals surface area contributed by atoms with Crippen LogP contribution in [-0.2, 0) is 0 Å². The monoisotopic (exact) mass is 307 g/mol. The van der Waals surface area contributed by atoms with Crippen molar-refractivity contribution in [1.29, 1.82) is 5.26 Å². The Morgan fingerprint density at radius 2 is 1.74 bits per heavy atom. The van der Waals surface area contributed by atoms with Crippen molar-refractivity contribution in [3.05, 3.63) is 75.8 Å². The molecule has 0 saturated heterocycles. The molecule has 116 valence electrons. The second kappa shape index (κ2) is 7.23. The van der Waals surface area contributed by atoms with E-state index in [0.717, 1.165) is 16.8 Å². The van der Waals surface area contributed by atoms with Crippen LogP contribution in [0.4, 0.5) is 11.4 Å². The number of non-ortho nitro benzene ring substituents is 1. The fourth-order valence-corrected chi connectivity index (χ4v) is 2.12. The number of hydrogen-bond acceptors (Lipinski definition) is 4. The van der Waals surface area contributed by atoms with Gasteiger partial charge in [0.1, 0.15) is 0 Å². The molecule has 2 aromatic rings. The fraction of sp³-hybridized carbons (Fsp3) is 0.167. The van der Waals surface area contributed by atoms with E-state index >= 15 is 0 Å². The van der Waals surface area contributed by atoms with Crippen molar-refractivity contribution >= 4 is 17.5 Å². The van der Waals surface area contributed by atoms with E-state index in [1.165, 1.54) is 12.1 Å². The molecule has 0 aliphatic carbocycles. The summed E-state index contributed by atoms with van der Waals surface area (Å²) in [6.45, 7) is 0. The van der Waals surface area contributed by atoms with Gasteiger partial charge in [0, 0.05) is 31.9 Å². The summed E-state index contributed by atoms with van der Waals surface area (Å²) in [6.07, 6.45) is 3.68. The first kappa shape index (κ1) is 16.2. The minimum absolute atomic E-state index is 0.0219. The van der Waals surface area contributed by atoms with Crippen LogP contribution in [0.25, 0.3) is 6.08 Å². The summed E-state index contributed by atoms with van der Waals surface area (Å²) in [5.41, 5.74) is 2.86. The SMILES string of the molecule is CN(C)c1ccc(/C=C\C(C#N)c2ccc([N+](=O)[O-])cc2)cc1. The van der Waals surface area contributed by atoms with Crippen LogP contribution in [0.3, 0.4) is 0 Å². The molecular weight excluding hydrogens is 290 g/mol. The minimum Gasteiger partial charge on any atom is -0.378 e. The molecule has 2 rings (SSSR count). The van der Waals surface area contributed by atoms with Crippen molar-refractivity contribution in [3.63, 3.8) is 0 Å². The number of benzene rings is 2. The first-order chi connectivity index (χ1) is 11.0. The lowest BCUT2D eigenvalue weighted by molar-refractivity contribution is -0.384. The van der Waals surface area contributed by atoms with Crippen LogP contribution in [0.2, 0.25) is 0 Å². The predicted octanol–water partition coefficient (Wildman–Crippen LogP) is 3.98. The topological polar surface area (TPSA) is 70.2 Å². The highest BCUT2D eigenvalue weighted by atomic mass is 16.6. The van der Waals surface area contributed by atoms with Crippen LogP contribution in [0.5, 0.6) is 0 Å². The molecule has 0 radical (unpaired) electrons. The highest BCUT2D eigenvalue weighted by Crippen LogP contribution is 2.21. The van der Waals surface area contributed by atoms with Crippen LogP contribution in [0.1, 0.15) is 17.0 Å². The maximum absolute atomic E-state index is 10.7. The number of nitriles is 1. The van der Waals surface area contributed by atoms with Crippen LogP contribution in [0.15, 0.2) is 54.6 Å². The van der Waals surface area contributed by atoms with E-state index in [0.29, 0.717) is 0 Å². The zero-order valence-electron chi connectivity index (χ0n) is 13.0. The van der Waals surface area contributed by atoms with Gasteiger partial charge in [-0.1, -0.05) is 36.4 Å². The van der Waals surface area contributed by atoms with Gasteiger partial charge in [0.25, 0.3) is 5.69 Å². The van der Waals surface area contributed by atoms with Crippen molar-refractivity contribution in [2.75, 3.05) is 19.0 Å². The summed E-state index contributed by atoms with van der Waals surface area (Å²) >= 11 is 0. The molecule has 5 nitrogen and oxygen atoms in total. The first-order valence-electron chi connectivity index (χ1n) is 7.11. The first-order valence-corrected chi connectivity index (χ1v) is 7.11. The van der Waals surface area contributed by atoms with Crippen LogP contribution in [-0.4, -0.2) is 19.0 Å². The quantitative estimate of drug-likeness (QED) is 0.618. The molecule has 1 atom stereocenters. The molecule has 23 heavy (non-hydrogen) atoms. The maximum Gasteiger partial charge on any atom is 0.269 e. The maximum atomic E-state index is 10.7. The molecule has 1 unspecified atom stereocenters. The number of anilines is 1. The van der Waals surface area contributed by atoms with Crippen molar-refractivity contribution < 1.29 is 4.92 Å². The molecule has 0 N–H and O–H groups in total. The van der Waals surface area contributed by atoms with Crippen molar-refractivity contribution in [2.45, 2.75) is 5.92 Å². The predicted molar refractivity (Wildman–Crippen MR) is 91.3 cm³/mol.